The van der Waals surface area contributed by atoms with Gasteiger partial charge < -0.3 is 19.7 Å². The molecule has 0 unspecified atom stereocenters. The van der Waals surface area contributed by atoms with Gasteiger partial charge in [0.15, 0.2) is 0 Å². The molecule has 5 nitrogen and oxygen atoms in total. The smallest absolute Gasteiger partial charge is 0.257 e. The van der Waals surface area contributed by atoms with Crippen LogP contribution in [0.15, 0.2) is 48.5 Å². The average molecular weight is 352 g/mol. The molecule has 2 aromatic carbocycles. The van der Waals surface area contributed by atoms with Gasteiger partial charge in [0.2, 0.25) is 0 Å². The van der Waals surface area contributed by atoms with Crippen molar-refractivity contribution in [3.63, 3.8) is 0 Å². The third-order valence-corrected chi connectivity index (χ3v) is 4.95. The van der Waals surface area contributed by atoms with E-state index in [4.69, 9.17) is 9.47 Å². The number of nitrogens with zero attached hydrogens (tertiary/aromatic N) is 1. The van der Waals surface area contributed by atoms with E-state index >= 15 is 0 Å². The van der Waals surface area contributed by atoms with Crippen LogP contribution >= 0.6 is 0 Å². The van der Waals surface area contributed by atoms with Crippen molar-refractivity contribution < 1.29 is 14.3 Å². The maximum Gasteiger partial charge on any atom is 0.257 e. The van der Waals surface area contributed by atoms with Gasteiger partial charge in [0.05, 0.1) is 18.3 Å². The summed E-state index contributed by atoms with van der Waals surface area (Å²) in [5, 5.41) is 3.53. The van der Waals surface area contributed by atoms with E-state index in [-0.39, 0.29) is 18.2 Å². The van der Waals surface area contributed by atoms with Crippen LogP contribution in [0.1, 0.15) is 41.9 Å². The van der Waals surface area contributed by atoms with Gasteiger partial charge >= 0.3 is 0 Å². The minimum Gasteiger partial charge on any atom is -0.494 e. The lowest BCUT2D eigenvalue weighted by Gasteiger charge is -2.39. The fraction of sp³-hybridized carbons (Fsp3) is 0.381. The second kappa shape index (κ2) is 7.38. The summed E-state index contributed by atoms with van der Waals surface area (Å²) in [5.41, 5.74) is 2.63. The van der Waals surface area contributed by atoms with Gasteiger partial charge in [-0.25, -0.2) is 0 Å². The first-order valence-electron chi connectivity index (χ1n) is 9.27. The number of carbonyl (C=O) groups is 1. The van der Waals surface area contributed by atoms with E-state index in [2.05, 4.69) is 5.32 Å². The Labute approximate surface area is 153 Å². The van der Waals surface area contributed by atoms with Crippen molar-refractivity contribution in [1.29, 1.82) is 0 Å². The second-order valence-corrected chi connectivity index (χ2v) is 6.69. The monoisotopic (exact) mass is 352 g/mol. The highest BCUT2D eigenvalue weighted by Crippen LogP contribution is 2.34. The van der Waals surface area contributed by atoms with Crippen LogP contribution < -0.4 is 10.1 Å². The van der Waals surface area contributed by atoms with E-state index in [1.165, 1.54) is 0 Å². The topological polar surface area (TPSA) is 50.8 Å². The Bertz CT molecular complexity index is 769. The standard InChI is InChI=1S/C21H24N2O3/c1-2-25-16-11-9-15(10-12-16)20-22-19-8-4-3-7-18(19)21(24)23(20)14-17-6-5-13-26-17/h3-4,7-12,17,20,22H,2,5-6,13-14H2,1H3/t17-,20+/m0/s1. The highest BCUT2D eigenvalue weighted by Gasteiger charge is 2.35. The minimum absolute atomic E-state index is 0.0498. The summed E-state index contributed by atoms with van der Waals surface area (Å²) >= 11 is 0. The number of para-hydroxylation sites is 1. The van der Waals surface area contributed by atoms with Crippen molar-refractivity contribution in [2.45, 2.75) is 32.0 Å². The van der Waals surface area contributed by atoms with E-state index in [0.29, 0.717) is 18.7 Å². The summed E-state index contributed by atoms with van der Waals surface area (Å²) in [6.45, 7) is 3.98. The second-order valence-electron chi connectivity index (χ2n) is 6.69. The van der Waals surface area contributed by atoms with Gasteiger partial charge in [-0.3, -0.25) is 4.79 Å². The fourth-order valence-electron chi connectivity index (χ4n) is 3.66. The first-order valence-corrected chi connectivity index (χ1v) is 9.27. The van der Waals surface area contributed by atoms with Crippen LogP contribution in [0.25, 0.3) is 0 Å². The van der Waals surface area contributed by atoms with Crippen molar-refractivity contribution >= 4 is 11.6 Å². The van der Waals surface area contributed by atoms with Crippen LogP contribution in [0.5, 0.6) is 5.75 Å². The van der Waals surface area contributed by atoms with Crippen LogP contribution in [-0.4, -0.2) is 36.7 Å². The molecule has 26 heavy (non-hydrogen) atoms. The van der Waals surface area contributed by atoms with Gasteiger partial charge in [-0.2, -0.15) is 0 Å². The van der Waals surface area contributed by atoms with Gasteiger partial charge in [0, 0.05) is 18.8 Å². The molecule has 5 heteroatoms. The van der Waals surface area contributed by atoms with Crippen LogP contribution in [-0.2, 0) is 4.74 Å². The van der Waals surface area contributed by atoms with E-state index in [1.807, 2.05) is 60.4 Å². The maximum absolute atomic E-state index is 13.2. The molecular weight excluding hydrogens is 328 g/mol. The summed E-state index contributed by atoms with van der Waals surface area (Å²) in [7, 11) is 0. The Morgan fingerprint density at radius 2 is 2.00 bits per heavy atom. The number of hydrogen-bond acceptors (Lipinski definition) is 4. The Kier molecular flexibility index (Phi) is 4.80. The normalized spacial score (nSPS) is 22.0. The van der Waals surface area contributed by atoms with Crippen LogP contribution in [0.3, 0.4) is 0 Å². The van der Waals surface area contributed by atoms with Gasteiger partial charge in [-0.1, -0.05) is 24.3 Å². The molecule has 136 valence electrons. The third-order valence-electron chi connectivity index (χ3n) is 4.95. The maximum atomic E-state index is 13.2. The molecule has 2 aromatic rings. The lowest BCUT2D eigenvalue weighted by atomic mass is 10.0. The molecule has 4 rings (SSSR count). The molecule has 0 bridgehead atoms. The van der Waals surface area contributed by atoms with E-state index in [9.17, 15) is 4.79 Å². The highest BCUT2D eigenvalue weighted by molar-refractivity contribution is 6.01. The van der Waals surface area contributed by atoms with Crippen LogP contribution in [0.4, 0.5) is 5.69 Å². The first kappa shape index (κ1) is 16.9. The molecule has 2 atom stereocenters. The van der Waals surface area contributed by atoms with Crippen LogP contribution in [0, 0.1) is 0 Å². The molecule has 2 aliphatic rings. The highest BCUT2D eigenvalue weighted by atomic mass is 16.5. The van der Waals surface area contributed by atoms with Crippen LogP contribution in [0.2, 0.25) is 0 Å². The zero-order valence-corrected chi connectivity index (χ0v) is 15.0. The zero-order chi connectivity index (χ0) is 17.9. The first-order chi connectivity index (χ1) is 12.8. The molecule has 1 amide bonds. The van der Waals surface area contributed by atoms with Gasteiger partial charge in [-0.05, 0) is 49.6 Å². The van der Waals surface area contributed by atoms with E-state index in [1.54, 1.807) is 0 Å². The summed E-state index contributed by atoms with van der Waals surface area (Å²) in [5.74, 6) is 0.887. The summed E-state index contributed by atoms with van der Waals surface area (Å²) < 4.78 is 11.3. The van der Waals surface area contributed by atoms with E-state index < -0.39 is 0 Å². The van der Waals surface area contributed by atoms with Crippen molar-refractivity contribution in [2.24, 2.45) is 0 Å². The van der Waals surface area contributed by atoms with Gasteiger partial charge in [0.25, 0.3) is 5.91 Å². The molecule has 0 aliphatic carbocycles. The van der Waals surface area contributed by atoms with Gasteiger partial charge in [-0.15, -0.1) is 0 Å². The van der Waals surface area contributed by atoms with Crippen molar-refractivity contribution in [3.8, 4) is 5.75 Å². The molecular formula is C21H24N2O3. The number of hydrogen-bond donors (Lipinski definition) is 1. The van der Waals surface area contributed by atoms with Crippen molar-refractivity contribution in [3.05, 3.63) is 59.7 Å². The predicted molar refractivity (Wildman–Crippen MR) is 100 cm³/mol. The molecule has 2 aliphatic heterocycles. The number of rotatable bonds is 5. The number of anilines is 1. The molecule has 0 aromatic heterocycles. The Morgan fingerprint density at radius 3 is 2.73 bits per heavy atom. The molecule has 2 heterocycles. The minimum atomic E-state index is -0.211. The lowest BCUT2D eigenvalue weighted by molar-refractivity contribution is 0.0427. The van der Waals surface area contributed by atoms with Gasteiger partial charge in [0.1, 0.15) is 11.9 Å². The number of amides is 1. The summed E-state index contributed by atoms with van der Waals surface area (Å²) in [6.07, 6.45) is 1.96. The fourth-order valence-corrected chi connectivity index (χ4v) is 3.66. The van der Waals surface area contributed by atoms with Crippen molar-refractivity contribution in [1.82, 2.24) is 4.90 Å². The van der Waals surface area contributed by atoms with Crippen molar-refractivity contribution in [2.75, 3.05) is 25.1 Å². The largest absolute Gasteiger partial charge is 0.494 e. The molecule has 1 saturated heterocycles. The number of nitrogens with one attached hydrogen (secondary N) is 1. The summed E-state index contributed by atoms with van der Waals surface area (Å²) in [4.78, 5) is 15.1. The lowest BCUT2D eigenvalue weighted by Crippen LogP contribution is -2.46. The molecule has 0 saturated carbocycles. The predicted octanol–water partition coefficient (Wildman–Crippen LogP) is 3.83. The molecule has 0 spiro atoms. The Morgan fingerprint density at radius 1 is 1.19 bits per heavy atom. The number of benzene rings is 2. The third kappa shape index (κ3) is 3.27. The molecule has 0 radical (unpaired) electrons. The zero-order valence-electron chi connectivity index (χ0n) is 15.0. The number of fused-ring (bicyclic) bond motifs is 1. The molecule has 1 N–H and O–H groups in total. The number of carbonyl (C=O) groups excluding carboxylic acids is 1. The van der Waals surface area contributed by atoms with E-state index in [0.717, 1.165) is 36.4 Å². The Balaban J connectivity index is 1.65. The Hall–Kier alpha value is -2.53. The summed E-state index contributed by atoms with van der Waals surface area (Å²) in [6, 6.07) is 15.6. The average Bonchev–Trinajstić information content (AvgIpc) is 3.18. The molecule has 1 fully saturated rings. The number of ether oxygens (including phenoxy) is 2. The quantitative estimate of drug-likeness (QED) is 0.888. The SMILES string of the molecule is CCOc1ccc([C@@H]2Nc3ccccc3C(=O)N2C[C@@H]2CCCO2)cc1.